The first-order chi connectivity index (χ1) is 9.74. The van der Waals surface area contributed by atoms with Gasteiger partial charge < -0.3 is 9.30 Å². The fourth-order valence-corrected chi connectivity index (χ4v) is 2.91. The summed E-state index contributed by atoms with van der Waals surface area (Å²) in [4.78, 5) is 18.2. The minimum absolute atomic E-state index is 0.107. The van der Waals surface area contributed by atoms with E-state index in [2.05, 4.69) is 21.4 Å². The van der Waals surface area contributed by atoms with E-state index in [0.717, 1.165) is 32.5 Å². The highest BCUT2D eigenvalue weighted by Crippen LogP contribution is 2.22. The summed E-state index contributed by atoms with van der Waals surface area (Å²) in [7, 11) is 1.46. The molecule has 1 atom stereocenters. The first-order valence-electron chi connectivity index (χ1n) is 7.54. The van der Waals surface area contributed by atoms with Gasteiger partial charge in [0.2, 0.25) is 0 Å². The Balaban J connectivity index is 2.00. The Hall–Kier alpha value is -1.36. The van der Waals surface area contributed by atoms with Crippen molar-refractivity contribution < 1.29 is 9.53 Å². The lowest BCUT2D eigenvalue weighted by atomic mass is 9.99. The van der Waals surface area contributed by atoms with E-state index in [9.17, 15) is 4.79 Å². The van der Waals surface area contributed by atoms with Crippen molar-refractivity contribution in [1.29, 1.82) is 0 Å². The Kier molecular flexibility index (Phi) is 5.59. The van der Waals surface area contributed by atoms with Gasteiger partial charge in [0.05, 0.1) is 25.6 Å². The molecule has 0 amide bonds. The fraction of sp³-hybridized carbons (Fsp3) is 0.733. The molecular formula is C15H25N3O2. The third-order valence-corrected chi connectivity index (χ3v) is 4.01. The van der Waals surface area contributed by atoms with E-state index in [0.29, 0.717) is 12.5 Å². The van der Waals surface area contributed by atoms with Crippen molar-refractivity contribution in [2.24, 2.45) is 0 Å². The van der Waals surface area contributed by atoms with Gasteiger partial charge in [-0.1, -0.05) is 13.3 Å². The zero-order chi connectivity index (χ0) is 14.4. The molecule has 2 heterocycles. The van der Waals surface area contributed by atoms with E-state index in [4.69, 9.17) is 4.74 Å². The Morgan fingerprint density at radius 1 is 1.50 bits per heavy atom. The molecule has 0 aliphatic carbocycles. The molecule has 0 bridgehead atoms. The number of rotatable bonds is 6. The maximum atomic E-state index is 11.5. The van der Waals surface area contributed by atoms with Crippen LogP contribution < -0.4 is 0 Å². The Labute approximate surface area is 120 Å². The van der Waals surface area contributed by atoms with Crippen LogP contribution in [-0.2, 0) is 22.6 Å². The summed E-state index contributed by atoms with van der Waals surface area (Å²) in [5, 5.41) is 0. The van der Waals surface area contributed by atoms with Crippen LogP contribution in [0.3, 0.4) is 0 Å². The van der Waals surface area contributed by atoms with Crippen molar-refractivity contribution in [2.45, 2.75) is 58.2 Å². The number of ether oxygens (including phenoxy) is 1. The van der Waals surface area contributed by atoms with Crippen molar-refractivity contribution in [3.05, 3.63) is 18.2 Å². The summed E-state index contributed by atoms with van der Waals surface area (Å²) in [6.45, 7) is 5.11. The highest BCUT2D eigenvalue weighted by atomic mass is 16.5. The number of carbonyl (C=O) groups excluding carboxylic acids is 1. The second-order valence-electron chi connectivity index (χ2n) is 5.48. The van der Waals surface area contributed by atoms with Crippen molar-refractivity contribution in [3.63, 3.8) is 0 Å². The van der Waals surface area contributed by atoms with Gasteiger partial charge in [-0.25, -0.2) is 4.98 Å². The van der Waals surface area contributed by atoms with Gasteiger partial charge in [0.15, 0.2) is 0 Å². The van der Waals surface area contributed by atoms with Crippen LogP contribution in [0.2, 0.25) is 0 Å². The van der Waals surface area contributed by atoms with Gasteiger partial charge in [-0.3, -0.25) is 9.69 Å². The number of carbonyl (C=O) groups is 1. The Morgan fingerprint density at radius 2 is 2.35 bits per heavy atom. The molecule has 1 saturated heterocycles. The van der Waals surface area contributed by atoms with E-state index < -0.39 is 0 Å². The van der Waals surface area contributed by atoms with Crippen molar-refractivity contribution >= 4 is 5.97 Å². The molecule has 1 aromatic heterocycles. The van der Waals surface area contributed by atoms with Crippen LogP contribution in [0.4, 0.5) is 0 Å². The molecule has 0 spiro atoms. The molecule has 112 valence electrons. The minimum Gasteiger partial charge on any atom is -0.469 e. The summed E-state index contributed by atoms with van der Waals surface area (Å²) >= 11 is 0. The Bertz CT molecular complexity index is 431. The van der Waals surface area contributed by atoms with Crippen LogP contribution in [0.5, 0.6) is 0 Å². The number of aromatic nitrogens is 2. The average molecular weight is 279 g/mol. The topological polar surface area (TPSA) is 47.4 Å². The molecule has 1 aromatic rings. The molecule has 0 N–H and O–H groups in total. The molecule has 1 aliphatic heterocycles. The van der Waals surface area contributed by atoms with Gasteiger partial charge >= 0.3 is 5.97 Å². The normalized spacial score (nSPS) is 20.0. The average Bonchev–Trinajstić information content (AvgIpc) is 2.88. The van der Waals surface area contributed by atoms with Gasteiger partial charge in [-0.15, -0.1) is 0 Å². The van der Waals surface area contributed by atoms with Crippen molar-refractivity contribution in [1.82, 2.24) is 14.5 Å². The monoisotopic (exact) mass is 279 g/mol. The predicted molar refractivity (Wildman–Crippen MR) is 77.2 cm³/mol. The van der Waals surface area contributed by atoms with Gasteiger partial charge in [0, 0.05) is 25.3 Å². The predicted octanol–water partition coefficient (Wildman–Crippen LogP) is 2.21. The van der Waals surface area contributed by atoms with E-state index in [1.54, 1.807) is 0 Å². The smallest absolute Gasteiger partial charge is 0.307 e. The van der Waals surface area contributed by atoms with Crippen LogP contribution >= 0.6 is 0 Å². The van der Waals surface area contributed by atoms with E-state index in [1.807, 2.05) is 12.5 Å². The number of imidazole rings is 1. The SMILES string of the molecule is CCCn1cncc1CN1CCCCC1CC(=O)OC. The van der Waals surface area contributed by atoms with Crippen LogP contribution in [0.15, 0.2) is 12.5 Å². The Morgan fingerprint density at radius 3 is 3.10 bits per heavy atom. The lowest BCUT2D eigenvalue weighted by Crippen LogP contribution is -2.40. The van der Waals surface area contributed by atoms with E-state index in [-0.39, 0.29) is 5.97 Å². The number of esters is 1. The van der Waals surface area contributed by atoms with Crippen LogP contribution in [-0.4, -0.2) is 40.1 Å². The second-order valence-corrected chi connectivity index (χ2v) is 5.48. The molecule has 0 saturated carbocycles. The number of aryl methyl sites for hydroxylation is 1. The van der Waals surface area contributed by atoms with Gasteiger partial charge in [0.1, 0.15) is 0 Å². The van der Waals surface area contributed by atoms with E-state index >= 15 is 0 Å². The summed E-state index contributed by atoms with van der Waals surface area (Å²) < 4.78 is 7.03. The number of methoxy groups -OCH3 is 1. The number of hydrogen-bond acceptors (Lipinski definition) is 4. The fourth-order valence-electron chi connectivity index (χ4n) is 2.91. The number of nitrogens with zero attached hydrogens (tertiary/aromatic N) is 3. The van der Waals surface area contributed by atoms with Crippen molar-refractivity contribution in [3.8, 4) is 0 Å². The maximum absolute atomic E-state index is 11.5. The third kappa shape index (κ3) is 3.82. The summed E-state index contributed by atoms with van der Waals surface area (Å²) in [6, 6.07) is 0.307. The first kappa shape index (κ1) is 15.0. The van der Waals surface area contributed by atoms with Gasteiger partial charge in [-0.05, 0) is 25.8 Å². The molecule has 1 unspecified atom stereocenters. The van der Waals surface area contributed by atoms with Crippen LogP contribution in [0.1, 0.15) is 44.7 Å². The molecule has 0 radical (unpaired) electrons. The molecule has 5 nitrogen and oxygen atoms in total. The van der Waals surface area contributed by atoms with Crippen LogP contribution in [0.25, 0.3) is 0 Å². The molecule has 1 aliphatic rings. The first-order valence-corrected chi connectivity index (χ1v) is 7.54. The number of piperidine rings is 1. The molecule has 2 rings (SSSR count). The van der Waals surface area contributed by atoms with Gasteiger partial charge in [-0.2, -0.15) is 0 Å². The zero-order valence-electron chi connectivity index (χ0n) is 12.5. The lowest BCUT2D eigenvalue weighted by Gasteiger charge is -2.35. The summed E-state index contributed by atoms with van der Waals surface area (Å²) in [5.74, 6) is -0.107. The molecule has 20 heavy (non-hydrogen) atoms. The third-order valence-electron chi connectivity index (χ3n) is 4.01. The molecular weight excluding hydrogens is 254 g/mol. The highest BCUT2D eigenvalue weighted by Gasteiger charge is 2.25. The molecule has 0 aromatic carbocycles. The second kappa shape index (κ2) is 7.43. The van der Waals surface area contributed by atoms with Gasteiger partial charge in [0.25, 0.3) is 0 Å². The quantitative estimate of drug-likeness (QED) is 0.749. The number of hydrogen-bond donors (Lipinski definition) is 0. The largest absolute Gasteiger partial charge is 0.469 e. The molecule has 1 fully saturated rings. The lowest BCUT2D eigenvalue weighted by molar-refractivity contribution is -0.142. The standard InChI is InChI=1S/C15H25N3O2/c1-3-7-18-12-16-10-14(18)11-17-8-5-4-6-13(17)9-15(19)20-2/h10,12-13H,3-9,11H2,1-2H3. The zero-order valence-corrected chi connectivity index (χ0v) is 12.5. The summed E-state index contributed by atoms with van der Waals surface area (Å²) in [5.41, 5.74) is 1.24. The minimum atomic E-state index is -0.107. The maximum Gasteiger partial charge on any atom is 0.307 e. The number of likely N-dealkylation sites (tertiary alicyclic amines) is 1. The van der Waals surface area contributed by atoms with E-state index in [1.165, 1.54) is 25.6 Å². The van der Waals surface area contributed by atoms with Crippen molar-refractivity contribution in [2.75, 3.05) is 13.7 Å². The molecule has 5 heteroatoms. The van der Waals surface area contributed by atoms with Crippen LogP contribution in [0, 0.1) is 0 Å². The highest BCUT2D eigenvalue weighted by molar-refractivity contribution is 5.69. The summed E-state index contributed by atoms with van der Waals surface area (Å²) in [6.07, 6.45) is 8.94.